The molecule has 5 heteroatoms. The number of nitrogens with one attached hydrogen (secondary N) is 1. The van der Waals surface area contributed by atoms with Gasteiger partial charge < -0.3 is 15.8 Å². The zero-order chi connectivity index (χ0) is 14.2. The molecule has 0 bridgehead atoms. The largest absolute Gasteiger partial charge is 0.489 e. The molecule has 0 aromatic heterocycles. The second-order valence-electron chi connectivity index (χ2n) is 5.39. The first-order valence-corrected chi connectivity index (χ1v) is 7.24. The summed E-state index contributed by atoms with van der Waals surface area (Å²) in [4.78, 5) is 11.5. The lowest BCUT2D eigenvalue weighted by molar-refractivity contribution is -0.116. The number of carbonyl (C=O) groups is 1. The van der Waals surface area contributed by atoms with Crippen LogP contribution < -0.4 is 15.8 Å². The lowest BCUT2D eigenvalue weighted by Crippen LogP contribution is -2.19. The Morgan fingerprint density at radius 3 is 2.74 bits per heavy atom. The van der Waals surface area contributed by atoms with Gasteiger partial charge in [-0.1, -0.05) is 13.8 Å². The van der Waals surface area contributed by atoms with Crippen LogP contribution in [-0.2, 0) is 4.79 Å². The van der Waals surface area contributed by atoms with Crippen molar-refractivity contribution in [3.63, 3.8) is 0 Å². The quantitative estimate of drug-likeness (QED) is 0.892. The number of nitrogens with two attached hydrogens (primary N) is 1. The fourth-order valence-electron chi connectivity index (χ4n) is 2.31. The molecule has 0 saturated heterocycles. The van der Waals surface area contributed by atoms with Crippen molar-refractivity contribution in [2.24, 2.45) is 11.7 Å². The SMILES string of the molecule is CC(C)CC(C)Oc1cc2c(cc1Br)C(N)C(=O)N2. The summed E-state index contributed by atoms with van der Waals surface area (Å²) in [7, 11) is 0. The molecule has 4 nitrogen and oxygen atoms in total. The summed E-state index contributed by atoms with van der Waals surface area (Å²) in [6, 6.07) is 3.10. The van der Waals surface area contributed by atoms with Crippen molar-refractivity contribution in [2.45, 2.75) is 39.3 Å². The number of hydrogen-bond donors (Lipinski definition) is 2. The number of carbonyl (C=O) groups excluding carboxylic acids is 1. The predicted molar refractivity (Wildman–Crippen MR) is 79.2 cm³/mol. The summed E-state index contributed by atoms with van der Waals surface area (Å²) in [6.07, 6.45) is 1.11. The van der Waals surface area contributed by atoms with Crippen LogP contribution in [0.5, 0.6) is 5.75 Å². The monoisotopic (exact) mass is 326 g/mol. The minimum Gasteiger partial charge on any atom is -0.489 e. The normalized spacial score (nSPS) is 19.3. The van der Waals surface area contributed by atoms with Gasteiger partial charge in [0.2, 0.25) is 5.91 Å². The third-order valence-corrected chi connectivity index (χ3v) is 3.73. The van der Waals surface area contributed by atoms with E-state index in [-0.39, 0.29) is 12.0 Å². The predicted octanol–water partition coefficient (Wildman–Crippen LogP) is 3.21. The first-order valence-electron chi connectivity index (χ1n) is 6.45. The first kappa shape index (κ1) is 14.3. The van der Waals surface area contributed by atoms with E-state index in [0.717, 1.165) is 27.9 Å². The van der Waals surface area contributed by atoms with E-state index in [1.165, 1.54) is 0 Å². The van der Waals surface area contributed by atoms with E-state index in [1.807, 2.05) is 19.1 Å². The molecular formula is C14H19BrN2O2. The molecule has 19 heavy (non-hydrogen) atoms. The molecule has 3 N–H and O–H groups in total. The number of halogens is 1. The lowest BCUT2D eigenvalue weighted by Gasteiger charge is -2.18. The smallest absolute Gasteiger partial charge is 0.245 e. The highest BCUT2D eigenvalue weighted by atomic mass is 79.9. The Balaban J connectivity index is 2.20. The van der Waals surface area contributed by atoms with Gasteiger partial charge in [-0.15, -0.1) is 0 Å². The van der Waals surface area contributed by atoms with Crippen molar-refractivity contribution in [3.8, 4) is 5.75 Å². The van der Waals surface area contributed by atoms with Gasteiger partial charge in [-0.25, -0.2) is 0 Å². The van der Waals surface area contributed by atoms with Crippen molar-refractivity contribution < 1.29 is 9.53 Å². The third kappa shape index (κ3) is 3.09. The molecular weight excluding hydrogens is 308 g/mol. The molecule has 2 atom stereocenters. The van der Waals surface area contributed by atoms with E-state index in [1.54, 1.807) is 0 Å². The molecule has 1 aliphatic rings. The van der Waals surface area contributed by atoms with Crippen molar-refractivity contribution >= 4 is 27.5 Å². The van der Waals surface area contributed by atoms with E-state index >= 15 is 0 Å². The summed E-state index contributed by atoms with van der Waals surface area (Å²) in [5.41, 5.74) is 7.35. The van der Waals surface area contributed by atoms with Crippen LogP contribution in [0, 0.1) is 5.92 Å². The number of rotatable bonds is 4. The van der Waals surface area contributed by atoms with Gasteiger partial charge in [0, 0.05) is 17.3 Å². The summed E-state index contributed by atoms with van der Waals surface area (Å²) < 4.78 is 6.74. The lowest BCUT2D eigenvalue weighted by atomic mass is 10.1. The zero-order valence-electron chi connectivity index (χ0n) is 11.4. The molecule has 0 aliphatic carbocycles. The number of amides is 1. The Kier molecular flexibility index (Phi) is 4.16. The number of anilines is 1. The number of fused-ring (bicyclic) bond motifs is 1. The summed E-state index contributed by atoms with van der Waals surface area (Å²) in [5.74, 6) is 1.15. The van der Waals surface area contributed by atoms with Crippen molar-refractivity contribution in [1.82, 2.24) is 0 Å². The molecule has 2 unspecified atom stereocenters. The standard InChI is InChI=1S/C14H19BrN2O2/c1-7(2)4-8(3)19-12-6-11-9(5-10(12)15)13(16)14(18)17-11/h5-8,13H,4,16H2,1-3H3,(H,17,18). The Bertz CT molecular complexity index is 502. The number of benzene rings is 1. The molecule has 104 valence electrons. The van der Waals surface area contributed by atoms with Crippen LogP contribution in [0.15, 0.2) is 16.6 Å². The first-order chi connectivity index (χ1) is 8.88. The fraction of sp³-hybridized carbons (Fsp3) is 0.500. The van der Waals surface area contributed by atoms with Crippen LogP contribution in [-0.4, -0.2) is 12.0 Å². The van der Waals surface area contributed by atoms with E-state index < -0.39 is 6.04 Å². The molecule has 0 radical (unpaired) electrons. The second-order valence-corrected chi connectivity index (χ2v) is 6.25. The highest BCUT2D eigenvalue weighted by molar-refractivity contribution is 9.10. The van der Waals surface area contributed by atoms with Crippen LogP contribution in [0.4, 0.5) is 5.69 Å². The fourth-order valence-corrected chi connectivity index (χ4v) is 2.76. The van der Waals surface area contributed by atoms with Gasteiger partial charge in [-0.2, -0.15) is 0 Å². The van der Waals surface area contributed by atoms with Crippen LogP contribution in [0.3, 0.4) is 0 Å². The maximum Gasteiger partial charge on any atom is 0.245 e. The summed E-state index contributed by atoms with van der Waals surface area (Å²) >= 11 is 3.47. The summed E-state index contributed by atoms with van der Waals surface area (Å²) in [5, 5.41) is 2.76. The average Bonchev–Trinajstić information content (AvgIpc) is 2.55. The molecule has 1 heterocycles. The maximum atomic E-state index is 11.5. The number of ether oxygens (including phenoxy) is 1. The Labute approximate surface area is 121 Å². The van der Waals surface area contributed by atoms with Gasteiger partial charge >= 0.3 is 0 Å². The molecule has 1 aliphatic heterocycles. The van der Waals surface area contributed by atoms with E-state index in [2.05, 4.69) is 35.1 Å². The maximum absolute atomic E-state index is 11.5. The van der Waals surface area contributed by atoms with E-state index in [0.29, 0.717) is 5.92 Å². The van der Waals surface area contributed by atoms with E-state index in [4.69, 9.17) is 10.5 Å². The van der Waals surface area contributed by atoms with Crippen LogP contribution >= 0.6 is 15.9 Å². The third-order valence-electron chi connectivity index (χ3n) is 3.11. The highest BCUT2D eigenvalue weighted by Gasteiger charge is 2.28. The molecule has 1 aromatic rings. The topological polar surface area (TPSA) is 64.3 Å². The summed E-state index contributed by atoms with van der Waals surface area (Å²) in [6.45, 7) is 6.37. The highest BCUT2D eigenvalue weighted by Crippen LogP contribution is 2.38. The minimum absolute atomic E-state index is 0.125. The Hall–Kier alpha value is -1.07. The van der Waals surface area contributed by atoms with Gasteiger partial charge in [0.1, 0.15) is 11.8 Å². The average molecular weight is 327 g/mol. The van der Waals surface area contributed by atoms with Gasteiger partial charge in [-0.3, -0.25) is 4.79 Å². The minimum atomic E-state index is -0.589. The molecule has 0 spiro atoms. The van der Waals surface area contributed by atoms with Crippen LogP contribution in [0.25, 0.3) is 0 Å². The molecule has 0 saturated carbocycles. The van der Waals surface area contributed by atoms with E-state index in [9.17, 15) is 4.79 Å². The van der Waals surface area contributed by atoms with Gasteiger partial charge in [0.25, 0.3) is 0 Å². The molecule has 0 fully saturated rings. The van der Waals surface area contributed by atoms with Gasteiger partial charge in [0.05, 0.1) is 10.6 Å². The zero-order valence-corrected chi connectivity index (χ0v) is 13.0. The van der Waals surface area contributed by atoms with Crippen LogP contribution in [0.1, 0.15) is 38.8 Å². The Morgan fingerprint density at radius 2 is 2.11 bits per heavy atom. The molecule has 1 amide bonds. The number of hydrogen-bond acceptors (Lipinski definition) is 3. The van der Waals surface area contributed by atoms with Gasteiger partial charge in [0.15, 0.2) is 0 Å². The molecule has 1 aromatic carbocycles. The van der Waals surface area contributed by atoms with Crippen LogP contribution in [0.2, 0.25) is 0 Å². The Morgan fingerprint density at radius 1 is 1.42 bits per heavy atom. The van der Waals surface area contributed by atoms with Crippen molar-refractivity contribution in [3.05, 3.63) is 22.2 Å². The van der Waals surface area contributed by atoms with Crippen molar-refractivity contribution in [2.75, 3.05) is 5.32 Å². The van der Waals surface area contributed by atoms with Gasteiger partial charge in [-0.05, 0) is 41.3 Å². The molecule has 2 rings (SSSR count). The second kappa shape index (κ2) is 5.51. The van der Waals surface area contributed by atoms with Crippen molar-refractivity contribution in [1.29, 1.82) is 0 Å².